The molecule has 0 spiro atoms. The molecule has 27 heavy (non-hydrogen) atoms. The number of halogens is 2. The summed E-state index contributed by atoms with van der Waals surface area (Å²) in [4.78, 5) is 2.21. The third-order valence-electron chi connectivity index (χ3n) is 4.61. The molecule has 146 valence electrons. The predicted octanol–water partition coefficient (Wildman–Crippen LogP) is 2.24. The van der Waals surface area contributed by atoms with E-state index in [9.17, 15) is 12.8 Å². The number of piperazine rings is 1. The molecule has 0 radical (unpaired) electrons. The van der Waals surface area contributed by atoms with E-state index in [1.165, 1.54) is 16.4 Å². The number of benzene rings is 2. The van der Waals surface area contributed by atoms with Gasteiger partial charge in [-0.15, -0.1) is 12.4 Å². The Labute approximate surface area is 164 Å². The van der Waals surface area contributed by atoms with E-state index in [0.717, 1.165) is 13.1 Å². The highest BCUT2D eigenvalue weighted by molar-refractivity contribution is 7.92. The molecule has 4 rings (SSSR count). The number of fused-ring (bicyclic) bond motifs is 1. The summed E-state index contributed by atoms with van der Waals surface area (Å²) < 4.78 is 47.5. The fourth-order valence-corrected chi connectivity index (χ4v) is 4.82. The predicted molar refractivity (Wildman–Crippen MR) is 105 cm³/mol. The average molecular weight is 414 g/mol. The third kappa shape index (κ3) is 3.69. The maximum absolute atomic E-state index is 14.4. The minimum atomic E-state index is -3.78. The quantitative estimate of drug-likeness (QED) is 0.836. The number of anilines is 2. The van der Waals surface area contributed by atoms with Gasteiger partial charge in [-0.3, -0.25) is 4.31 Å². The molecule has 0 amide bonds. The summed E-state index contributed by atoms with van der Waals surface area (Å²) in [6, 6.07) is 10.8. The summed E-state index contributed by atoms with van der Waals surface area (Å²) >= 11 is 0. The van der Waals surface area contributed by atoms with Crippen molar-refractivity contribution in [1.29, 1.82) is 0 Å². The lowest BCUT2D eigenvalue weighted by Crippen LogP contribution is -2.44. The zero-order chi connectivity index (χ0) is 18.1. The van der Waals surface area contributed by atoms with Gasteiger partial charge in [-0.2, -0.15) is 0 Å². The molecule has 9 heteroatoms. The van der Waals surface area contributed by atoms with Crippen LogP contribution in [0.25, 0.3) is 0 Å². The van der Waals surface area contributed by atoms with Gasteiger partial charge in [0.05, 0.1) is 22.8 Å². The molecule has 0 aromatic heterocycles. The van der Waals surface area contributed by atoms with Crippen LogP contribution in [-0.4, -0.2) is 47.7 Å². The first-order valence-electron chi connectivity index (χ1n) is 8.57. The summed E-state index contributed by atoms with van der Waals surface area (Å²) in [6.07, 6.45) is 0. The Morgan fingerprint density at radius 3 is 2.37 bits per heavy atom. The maximum atomic E-state index is 14.4. The Bertz CT molecular complexity index is 906. The van der Waals surface area contributed by atoms with Crippen LogP contribution in [0.4, 0.5) is 15.8 Å². The van der Waals surface area contributed by atoms with Crippen LogP contribution in [0, 0.1) is 5.82 Å². The Hall–Kier alpha value is -2.03. The zero-order valence-electron chi connectivity index (χ0n) is 14.6. The fraction of sp³-hybridized carbons (Fsp3) is 0.333. The highest BCUT2D eigenvalue weighted by Crippen LogP contribution is 2.43. The van der Waals surface area contributed by atoms with Gasteiger partial charge in [-0.05, 0) is 12.1 Å². The number of sulfonamides is 1. The largest absolute Gasteiger partial charge is 0.487 e. The number of nitrogens with zero attached hydrogens (tertiary/aromatic N) is 2. The summed E-state index contributed by atoms with van der Waals surface area (Å²) in [5, 5.41) is 3.25. The third-order valence-corrected chi connectivity index (χ3v) is 6.44. The van der Waals surface area contributed by atoms with E-state index in [4.69, 9.17) is 4.74 Å². The lowest BCUT2D eigenvalue weighted by molar-refractivity contribution is 0.315. The molecular formula is C18H21ClFN3O3S. The molecule has 2 aliphatic rings. The lowest BCUT2D eigenvalue weighted by atomic mass is 10.2. The topological polar surface area (TPSA) is 61.9 Å². The SMILES string of the molecule is Cl.O=S(=O)(c1ccccc1)N1CCOc2c(N3CCNCC3)cc(F)cc21. The van der Waals surface area contributed by atoms with Gasteiger partial charge in [0.1, 0.15) is 12.4 Å². The van der Waals surface area contributed by atoms with Crippen molar-refractivity contribution in [2.24, 2.45) is 0 Å². The monoisotopic (exact) mass is 413 g/mol. The van der Waals surface area contributed by atoms with Crippen molar-refractivity contribution in [3.05, 3.63) is 48.3 Å². The molecule has 2 heterocycles. The molecule has 1 saturated heterocycles. The van der Waals surface area contributed by atoms with Gasteiger partial charge in [0.25, 0.3) is 10.0 Å². The minimum Gasteiger partial charge on any atom is -0.487 e. The van der Waals surface area contributed by atoms with Gasteiger partial charge in [0, 0.05) is 38.3 Å². The standard InChI is InChI=1S/C18H20FN3O3S.ClH/c19-14-12-16(21-8-6-20-7-9-21)18-17(13-14)22(10-11-25-18)26(23,24)15-4-2-1-3-5-15;/h1-5,12-13,20H,6-11H2;1H. The highest BCUT2D eigenvalue weighted by atomic mass is 35.5. The second kappa shape index (κ2) is 7.92. The van der Waals surface area contributed by atoms with Crippen molar-refractivity contribution >= 4 is 33.8 Å². The molecule has 1 N–H and O–H groups in total. The number of hydrogen-bond acceptors (Lipinski definition) is 5. The summed E-state index contributed by atoms with van der Waals surface area (Å²) in [7, 11) is -3.78. The van der Waals surface area contributed by atoms with Crippen LogP contribution in [0.5, 0.6) is 5.75 Å². The van der Waals surface area contributed by atoms with E-state index in [2.05, 4.69) is 5.32 Å². The molecule has 2 aromatic carbocycles. The van der Waals surface area contributed by atoms with Gasteiger partial charge in [-0.1, -0.05) is 18.2 Å². The van der Waals surface area contributed by atoms with Crippen molar-refractivity contribution in [3.8, 4) is 5.75 Å². The van der Waals surface area contributed by atoms with Crippen molar-refractivity contribution in [1.82, 2.24) is 5.32 Å². The van der Waals surface area contributed by atoms with Crippen LogP contribution in [0.3, 0.4) is 0 Å². The summed E-state index contributed by atoms with van der Waals surface area (Å²) in [5.41, 5.74) is 0.864. The number of ether oxygens (including phenoxy) is 1. The summed E-state index contributed by atoms with van der Waals surface area (Å²) in [5.74, 6) is -0.0462. The summed E-state index contributed by atoms with van der Waals surface area (Å²) in [6.45, 7) is 3.38. The lowest BCUT2D eigenvalue weighted by Gasteiger charge is -2.36. The molecule has 0 saturated carbocycles. The van der Waals surface area contributed by atoms with Crippen LogP contribution >= 0.6 is 12.4 Å². The molecule has 2 aromatic rings. The number of rotatable bonds is 3. The van der Waals surface area contributed by atoms with E-state index in [-0.39, 0.29) is 36.1 Å². The smallest absolute Gasteiger partial charge is 0.264 e. The van der Waals surface area contributed by atoms with E-state index < -0.39 is 15.8 Å². The van der Waals surface area contributed by atoms with E-state index in [1.807, 2.05) is 4.90 Å². The zero-order valence-corrected chi connectivity index (χ0v) is 16.2. The van der Waals surface area contributed by atoms with E-state index in [0.29, 0.717) is 24.5 Å². The fourth-order valence-electron chi connectivity index (χ4n) is 3.36. The van der Waals surface area contributed by atoms with Gasteiger partial charge >= 0.3 is 0 Å². The Balaban J connectivity index is 0.00000210. The molecule has 0 bridgehead atoms. The number of hydrogen-bond donors (Lipinski definition) is 1. The van der Waals surface area contributed by atoms with Crippen LogP contribution in [0.1, 0.15) is 0 Å². The van der Waals surface area contributed by atoms with Gasteiger partial charge in [0.15, 0.2) is 5.75 Å². The average Bonchev–Trinajstić information content (AvgIpc) is 2.68. The second-order valence-electron chi connectivity index (χ2n) is 6.25. The van der Waals surface area contributed by atoms with Crippen LogP contribution in [0.15, 0.2) is 47.4 Å². The van der Waals surface area contributed by atoms with E-state index >= 15 is 0 Å². The van der Waals surface area contributed by atoms with Crippen LogP contribution in [-0.2, 0) is 10.0 Å². The molecule has 0 unspecified atom stereocenters. The van der Waals surface area contributed by atoms with Crippen molar-refractivity contribution < 1.29 is 17.5 Å². The Kier molecular flexibility index (Phi) is 5.78. The first kappa shape index (κ1) is 19.7. The van der Waals surface area contributed by atoms with Crippen molar-refractivity contribution in [3.63, 3.8) is 0 Å². The molecule has 6 nitrogen and oxygen atoms in total. The molecule has 0 aliphatic carbocycles. The first-order valence-corrected chi connectivity index (χ1v) is 10.0. The molecule has 1 fully saturated rings. The normalized spacial score (nSPS) is 16.9. The molecule has 2 aliphatic heterocycles. The number of nitrogens with one attached hydrogen (secondary N) is 1. The van der Waals surface area contributed by atoms with Crippen LogP contribution < -0.4 is 19.3 Å². The Morgan fingerprint density at radius 2 is 1.67 bits per heavy atom. The highest BCUT2D eigenvalue weighted by Gasteiger charge is 2.33. The Morgan fingerprint density at radius 1 is 1.00 bits per heavy atom. The molecule has 0 atom stereocenters. The van der Waals surface area contributed by atoms with Crippen LogP contribution in [0.2, 0.25) is 0 Å². The van der Waals surface area contributed by atoms with Gasteiger partial charge in [-0.25, -0.2) is 12.8 Å². The van der Waals surface area contributed by atoms with Crippen molar-refractivity contribution in [2.75, 3.05) is 48.5 Å². The van der Waals surface area contributed by atoms with E-state index in [1.54, 1.807) is 30.3 Å². The van der Waals surface area contributed by atoms with Gasteiger partial charge in [0.2, 0.25) is 0 Å². The first-order chi connectivity index (χ1) is 12.6. The minimum absolute atomic E-state index is 0. The second-order valence-corrected chi connectivity index (χ2v) is 8.11. The van der Waals surface area contributed by atoms with Crippen molar-refractivity contribution in [2.45, 2.75) is 4.90 Å². The molecular weight excluding hydrogens is 393 g/mol. The maximum Gasteiger partial charge on any atom is 0.264 e. The van der Waals surface area contributed by atoms with Gasteiger partial charge < -0.3 is 15.0 Å².